The van der Waals surface area contributed by atoms with E-state index in [9.17, 15) is 17.7 Å². The number of nitrogens with zero attached hydrogens (tertiary/aromatic N) is 4. The molecule has 0 radical (unpaired) electrons. The Labute approximate surface area is 177 Å². The van der Waals surface area contributed by atoms with Crippen molar-refractivity contribution in [1.82, 2.24) is 19.4 Å². The summed E-state index contributed by atoms with van der Waals surface area (Å²) < 4.78 is 52.9. The number of halogens is 4. The Balaban J connectivity index is 1.82. The molecule has 3 aromatic heterocycles. The molecule has 0 bridgehead atoms. The van der Waals surface area contributed by atoms with E-state index in [-0.39, 0.29) is 5.65 Å². The molecule has 4 aromatic rings. The molecule has 30 heavy (non-hydrogen) atoms. The van der Waals surface area contributed by atoms with Gasteiger partial charge in [0.15, 0.2) is 4.90 Å². The molecular weight excluding hydrogens is 437 g/mol. The van der Waals surface area contributed by atoms with Gasteiger partial charge in [-0.15, -0.1) is 0 Å². The maximum absolute atomic E-state index is 12.9. The fraction of sp³-hybridized carbons (Fsp3) is 0.150. The first-order valence-electron chi connectivity index (χ1n) is 8.83. The Morgan fingerprint density at radius 1 is 1.10 bits per heavy atom. The van der Waals surface area contributed by atoms with Gasteiger partial charge in [0, 0.05) is 35.1 Å². The lowest BCUT2D eigenvalue weighted by molar-refractivity contribution is -0.141. The van der Waals surface area contributed by atoms with Crippen LogP contribution in [0.1, 0.15) is 12.6 Å². The van der Waals surface area contributed by atoms with Gasteiger partial charge in [0.25, 0.3) is 0 Å². The minimum atomic E-state index is -4.57. The molecule has 0 saturated heterocycles. The number of pyridine rings is 1. The van der Waals surface area contributed by atoms with Crippen molar-refractivity contribution < 1.29 is 17.7 Å². The van der Waals surface area contributed by atoms with Crippen molar-refractivity contribution in [3.8, 4) is 22.5 Å². The Morgan fingerprint density at radius 2 is 1.83 bits per heavy atom. The molecule has 0 spiro atoms. The highest BCUT2D eigenvalue weighted by atomic mass is 35.5. The summed E-state index contributed by atoms with van der Waals surface area (Å²) in [5.74, 6) is 0.353. The molecule has 1 aromatic carbocycles. The van der Waals surface area contributed by atoms with Crippen LogP contribution in [0.3, 0.4) is 0 Å². The summed E-state index contributed by atoms with van der Waals surface area (Å²) in [5.41, 5.74) is 1.30. The first-order valence-corrected chi connectivity index (χ1v) is 10.5. The van der Waals surface area contributed by atoms with Crippen LogP contribution in [-0.4, -0.2) is 29.7 Å². The summed E-state index contributed by atoms with van der Waals surface area (Å²) >= 11 is 4.57. The Kier molecular flexibility index (Phi) is 5.44. The van der Waals surface area contributed by atoms with Crippen molar-refractivity contribution in [3.63, 3.8) is 0 Å². The van der Waals surface area contributed by atoms with Gasteiger partial charge in [0.05, 0.1) is 0 Å². The summed E-state index contributed by atoms with van der Waals surface area (Å²) in [4.78, 5) is 12.6. The van der Waals surface area contributed by atoms with E-state index in [4.69, 9.17) is 11.6 Å². The molecule has 0 fully saturated rings. The lowest BCUT2D eigenvalue weighted by atomic mass is 10.1. The SMILES string of the molecule is CC[S+]([O-])c1cc(-c2ccc(Cl)cc2)cnc1-c1cn2cnc(C(F)(F)F)cc2n1. The second-order valence-electron chi connectivity index (χ2n) is 6.38. The minimum absolute atomic E-state index is 0.0733. The number of alkyl halides is 3. The van der Waals surface area contributed by atoms with Gasteiger partial charge in [-0.1, -0.05) is 23.7 Å². The largest absolute Gasteiger partial charge is 0.611 e. The molecule has 10 heteroatoms. The van der Waals surface area contributed by atoms with Crippen LogP contribution in [0, 0.1) is 0 Å². The standard InChI is InChI=1S/C20H14ClF3N4OS/c1-2-30(29)16-7-13(12-3-5-14(21)6-4-12)9-25-19(16)15-10-28-11-26-17(20(22,23)24)8-18(28)27-15/h3-11H,2H2,1H3. The molecule has 0 N–H and O–H groups in total. The smallest absolute Gasteiger partial charge is 0.433 e. The molecule has 0 aliphatic carbocycles. The topological polar surface area (TPSA) is 66.1 Å². The van der Waals surface area contributed by atoms with Gasteiger partial charge >= 0.3 is 6.18 Å². The van der Waals surface area contributed by atoms with Crippen LogP contribution in [0.5, 0.6) is 0 Å². The number of aromatic nitrogens is 4. The highest BCUT2D eigenvalue weighted by Crippen LogP contribution is 2.32. The second-order valence-corrected chi connectivity index (χ2v) is 8.52. The molecule has 0 aliphatic heterocycles. The van der Waals surface area contributed by atoms with Gasteiger partial charge in [-0.3, -0.25) is 4.40 Å². The van der Waals surface area contributed by atoms with Crippen molar-refractivity contribution in [1.29, 1.82) is 0 Å². The molecule has 0 saturated carbocycles. The molecule has 1 unspecified atom stereocenters. The number of rotatable bonds is 4. The zero-order chi connectivity index (χ0) is 21.5. The lowest BCUT2D eigenvalue weighted by Gasteiger charge is -2.12. The van der Waals surface area contributed by atoms with Crippen LogP contribution in [0.4, 0.5) is 13.2 Å². The Hall–Kier alpha value is -2.62. The molecule has 0 aliphatic rings. The molecule has 154 valence electrons. The average molecular weight is 451 g/mol. The summed E-state index contributed by atoms with van der Waals surface area (Å²) in [7, 11) is 0. The maximum Gasteiger partial charge on any atom is 0.433 e. The fourth-order valence-corrected chi connectivity index (χ4v) is 3.99. The van der Waals surface area contributed by atoms with E-state index in [0.29, 0.717) is 27.1 Å². The van der Waals surface area contributed by atoms with Gasteiger partial charge in [-0.05, 0) is 35.8 Å². The van der Waals surface area contributed by atoms with Crippen molar-refractivity contribution >= 4 is 28.4 Å². The van der Waals surface area contributed by atoms with E-state index in [0.717, 1.165) is 23.5 Å². The summed E-state index contributed by atoms with van der Waals surface area (Å²) in [5, 5.41) is 0.595. The van der Waals surface area contributed by atoms with Crippen molar-refractivity contribution in [3.05, 3.63) is 65.8 Å². The van der Waals surface area contributed by atoms with Crippen molar-refractivity contribution in [2.75, 3.05) is 5.75 Å². The fourth-order valence-electron chi connectivity index (χ4n) is 2.93. The van der Waals surface area contributed by atoms with Crippen LogP contribution in [-0.2, 0) is 17.4 Å². The van der Waals surface area contributed by atoms with Crippen molar-refractivity contribution in [2.24, 2.45) is 0 Å². The first-order chi connectivity index (χ1) is 14.3. The highest BCUT2D eigenvalue weighted by molar-refractivity contribution is 7.91. The first kappa shape index (κ1) is 20.6. The van der Waals surface area contributed by atoms with Crippen LogP contribution >= 0.6 is 11.6 Å². The molecule has 3 heterocycles. The lowest BCUT2D eigenvalue weighted by Crippen LogP contribution is -2.08. The van der Waals surface area contributed by atoms with E-state index in [1.165, 1.54) is 10.6 Å². The van der Waals surface area contributed by atoms with Gasteiger partial charge in [-0.2, -0.15) is 13.2 Å². The van der Waals surface area contributed by atoms with E-state index >= 15 is 0 Å². The monoisotopic (exact) mass is 450 g/mol. The normalized spacial score (nSPS) is 13.0. The number of fused-ring (bicyclic) bond motifs is 1. The molecular formula is C20H14ClF3N4OS. The van der Waals surface area contributed by atoms with E-state index in [1.807, 2.05) is 12.1 Å². The Bertz CT molecular complexity index is 1210. The number of benzene rings is 1. The predicted octanol–water partition coefficient (Wildman–Crippen LogP) is 5.26. The van der Waals surface area contributed by atoms with E-state index in [1.54, 1.807) is 31.3 Å². The van der Waals surface area contributed by atoms with Gasteiger partial charge in [0.2, 0.25) is 0 Å². The van der Waals surface area contributed by atoms with Gasteiger partial charge < -0.3 is 4.55 Å². The Morgan fingerprint density at radius 3 is 2.50 bits per heavy atom. The molecule has 4 rings (SSSR count). The number of hydrogen-bond donors (Lipinski definition) is 0. The maximum atomic E-state index is 12.9. The zero-order valence-electron chi connectivity index (χ0n) is 15.5. The number of hydrogen-bond acceptors (Lipinski definition) is 4. The van der Waals surface area contributed by atoms with Gasteiger partial charge in [0.1, 0.15) is 34.8 Å². The van der Waals surface area contributed by atoms with Crippen LogP contribution in [0.25, 0.3) is 28.2 Å². The second kappa shape index (κ2) is 7.90. The highest BCUT2D eigenvalue weighted by Gasteiger charge is 2.33. The average Bonchev–Trinajstić information content (AvgIpc) is 3.16. The summed E-state index contributed by atoms with van der Waals surface area (Å²) in [6.07, 6.45) is -0.393. The zero-order valence-corrected chi connectivity index (χ0v) is 17.1. The molecule has 1 atom stereocenters. The third-order valence-electron chi connectivity index (χ3n) is 4.42. The third kappa shape index (κ3) is 4.00. The summed E-state index contributed by atoms with van der Waals surface area (Å²) in [6, 6.07) is 9.76. The molecule has 0 amide bonds. The summed E-state index contributed by atoms with van der Waals surface area (Å²) in [6.45, 7) is 1.78. The van der Waals surface area contributed by atoms with E-state index in [2.05, 4.69) is 15.0 Å². The minimum Gasteiger partial charge on any atom is -0.611 e. The predicted molar refractivity (Wildman–Crippen MR) is 109 cm³/mol. The third-order valence-corrected chi connectivity index (χ3v) is 6.00. The van der Waals surface area contributed by atoms with Gasteiger partial charge in [-0.25, -0.2) is 15.0 Å². The van der Waals surface area contributed by atoms with Crippen molar-refractivity contribution in [2.45, 2.75) is 18.0 Å². The van der Waals surface area contributed by atoms with Crippen LogP contribution < -0.4 is 0 Å². The van der Waals surface area contributed by atoms with E-state index < -0.39 is 23.0 Å². The molecule has 5 nitrogen and oxygen atoms in total. The van der Waals surface area contributed by atoms with Crippen LogP contribution in [0.2, 0.25) is 5.02 Å². The number of imidazole rings is 1. The van der Waals surface area contributed by atoms with Crippen LogP contribution in [0.15, 0.2) is 60.0 Å². The quantitative estimate of drug-likeness (QED) is 0.398.